The van der Waals surface area contributed by atoms with Crippen LogP contribution in [0, 0.1) is 6.92 Å². The minimum Gasteiger partial charge on any atom is -0.219 e. The monoisotopic (exact) mass is 250 g/mol. The molecule has 0 bridgehead atoms. The van der Waals surface area contributed by atoms with E-state index >= 15 is 0 Å². The Kier molecular flexibility index (Phi) is 3.42. The van der Waals surface area contributed by atoms with Gasteiger partial charge in [0.1, 0.15) is 0 Å². The fourth-order valence-corrected chi connectivity index (χ4v) is 1.98. The molecular formula is C10H9F3O2S. The first kappa shape index (κ1) is 12.8. The zero-order valence-corrected chi connectivity index (χ0v) is 9.14. The SMILES string of the molecule is Cc1ccc(S(=O)(=O)C=CC(F)(F)F)cc1. The van der Waals surface area contributed by atoms with E-state index < -0.39 is 16.0 Å². The van der Waals surface area contributed by atoms with Crippen molar-refractivity contribution in [1.29, 1.82) is 0 Å². The number of halogens is 3. The fourth-order valence-electron chi connectivity index (χ4n) is 0.973. The maximum absolute atomic E-state index is 11.8. The van der Waals surface area contributed by atoms with Crippen LogP contribution in [0.3, 0.4) is 0 Å². The maximum Gasteiger partial charge on any atom is 0.410 e. The average molecular weight is 250 g/mol. The van der Waals surface area contributed by atoms with E-state index in [4.69, 9.17) is 0 Å². The molecule has 0 aliphatic heterocycles. The number of benzene rings is 1. The Labute approximate surface area is 91.3 Å². The van der Waals surface area contributed by atoms with E-state index in [1.54, 1.807) is 6.92 Å². The largest absolute Gasteiger partial charge is 0.410 e. The number of sulfone groups is 1. The Morgan fingerprint density at radius 3 is 2.06 bits per heavy atom. The van der Waals surface area contributed by atoms with Gasteiger partial charge in [0.25, 0.3) is 0 Å². The molecule has 0 atom stereocenters. The van der Waals surface area contributed by atoms with Crippen LogP contribution in [0.1, 0.15) is 5.56 Å². The lowest BCUT2D eigenvalue weighted by molar-refractivity contribution is -0.0797. The van der Waals surface area contributed by atoms with Crippen LogP contribution in [0.5, 0.6) is 0 Å². The third-order valence-corrected chi connectivity index (χ3v) is 3.21. The smallest absolute Gasteiger partial charge is 0.219 e. The lowest BCUT2D eigenvalue weighted by Gasteiger charge is -2.01. The third-order valence-electron chi connectivity index (χ3n) is 1.79. The van der Waals surface area contributed by atoms with Gasteiger partial charge < -0.3 is 0 Å². The van der Waals surface area contributed by atoms with Crippen molar-refractivity contribution in [3.8, 4) is 0 Å². The summed E-state index contributed by atoms with van der Waals surface area (Å²) in [5, 5.41) is 0.164. The molecule has 0 unspecified atom stereocenters. The minimum absolute atomic E-state index is 0.154. The zero-order valence-electron chi connectivity index (χ0n) is 8.32. The van der Waals surface area contributed by atoms with Crippen LogP contribution >= 0.6 is 0 Å². The van der Waals surface area contributed by atoms with E-state index in [2.05, 4.69) is 0 Å². The van der Waals surface area contributed by atoms with Crippen molar-refractivity contribution in [2.24, 2.45) is 0 Å². The van der Waals surface area contributed by atoms with Gasteiger partial charge in [0.2, 0.25) is 0 Å². The van der Waals surface area contributed by atoms with Crippen molar-refractivity contribution in [1.82, 2.24) is 0 Å². The fraction of sp³-hybridized carbons (Fsp3) is 0.200. The first-order valence-electron chi connectivity index (χ1n) is 4.28. The molecule has 0 N–H and O–H groups in total. The Balaban J connectivity index is 3.04. The Bertz CT molecular complexity index is 484. The Morgan fingerprint density at radius 1 is 1.12 bits per heavy atom. The maximum atomic E-state index is 11.8. The van der Waals surface area contributed by atoms with E-state index in [0.717, 1.165) is 5.56 Å². The van der Waals surface area contributed by atoms with Crippen molar-refractivity contribution >= 4 is 9.84 Å². The number of rotatable bonds is 2. The second kappa shape index (κ2) is 4.29. The average Bonchev–Trinajstić information content (AvgIpc) is 2.15. The van der Waals surface area contributed by atoms with Gasteiger partial charge in [-0.1, -0.05) is 17.7 Å². The highest BCUT2D eigenvalue weighted by molar-refractivity contribution is 7.94. The molecule has 0 radical (unpaired) electrons. The highest BCUT2D eigenvalue weighted by Crippen LogP contribution is 2.19. The summed E-state index contributed by atoms with van der Waals surface area (Å²) in [7, 11) is -4.01. The molecule has 0 heterocycles. The predicted octanol–water partition coefficient (Wildman–Crippen LogP) is 2.84. The van der Waals surface area contributed by atoms with Gasteiger partial charge in [-0.3, -0.25) is 0 Å². The minimum atomic E-state index is -4.63. The summed E-state index contributed by atoms with van der Waals surface area (Å²) < 4.78 is 58.3. The van der Waals surface area contributed by atoms with Crippen LogP contribution in [-0.4, -0.2) is 14.6 Å². The molecule has 88 valence electrons. The van der Waals surface area contributed by atoms with Gasteiger partial charge in [-0.25, -0.2) is 8.42 Å². The molecule has 0 fully saturated rings. The third kappa shape index (κ3) is 3.69. The van der Waals surface area contributed by atoms with Crippen LogP contribution in [-0.2, 0) is 9.84 Å². The first-order chi connectivity index (χ1) is 7.21. The van der Waals surface area contributed by atoms with Crippen LogP contribution in [0.4, 0.5) is 13.2 Å². The highest BCUT2D eigenvalue weighted by atomic mass is 32.2. The first-order valence-corrected chi connectivity index (χ1v) is 5.83. The molecule has 0 saturated carbocycles. The molecular weight excluding hydrogens is 241 g/mol. The van der Waals surface area contributed by atoms with E-state index in [1.165, 1.54) is 24.3 Å². The molecule has 0 aliphatic rings. The van der Waals surface area contributed by atoms with Crippen LogP contribution < -0.4 is 0 Å². The lowest BCUT2D eigenvalue weighted by Crippen LogP contribution is -2.04. The molecule has 2 nitrogen and oxygen atoms in total. The van der Waals surface area contributed by atoms with Gasteiger partial charge in [0.15, 0.2) is 9.84 Å². The molecule has 0 amide bonds. The standard InChI is InChI=1S/C10H9F3O2S/c1-8-2-4-9(5-3-8)16(14,15)7-6-10(11,12)13/h2-7H,1H3. The molecule has 16 heavy (non-hydrogen) atoms. The summed E-state index contributed by atoms with van der Waals surface area (Å²) in [6, 6.07) is 5.58. The quantitative estimate of drug-likeness (QED) is 0.808. The normalized spacial score (nSPS) is 13.2. The van der Waals surface area contributed by atoms with Crippen molar-refractivity contribution in [2.45, 2.75) is 18.0 Å². The van der Waals surface area contributed by atoms with E-state index in [0.29, 0.717) is 0 Å². The van der Waals surface area contributed by atoms with Gasteiger partial charge in [-0.05, 0) is 19.1 Å². The Morgan fingerprint density at radius 2 is 1.62 bits per heavy atom. The van der Waals surface area contributed by atoms with Gasteiger partial charge >= 0.3 is 6.18 Å². The van der Waals surface area contributed by atoms with Gasteiger partial charge in [0, 0.05) is 11.5 Å². The van der Waals surface area contributed by atoms with E-state index in [1.807, 2.05) is 0 Å². The number of aryl methyl sites for hydroxylation is 1. The number of allylic oxidation sites excluding steroid dienone is 1. The van der Waals surface area contributed by atoms with E-state index in [9.17, 15) is 21.6 Å². The molecule has 1 aromatic carbocycles. The molecule has 1 rings (SSSR count). The number of hydrogen-bond donors (Lipinski definition) is 0. The van der Waals surface area contributed by atoms with Crippen molar-refractivity contribution in [3.63, 3.8) is 0 Å². The van der Waals surface area contributed by atoms with Crippen molar-refractivity contribution < 1.29 is 21.6 Å². The molecule has 0 aromatic heterocycles. The summed E-state index contributed by atoms with van der Waals surface area (Å²) in [5.74, 6) is 0. The van der Waals surface area contributed by atoms with Gasteiger partial charge in [0.05, 0.1) is 4.90 Å². The zero-order chi connectivity index (χ0) is 12.4. The number of hydrogen-bond acceptors (Lipinski definition) is 2. The highest BCUT2D eigenvalue weighted by Gasteiger charge is 2.24. The van der Waals surface area contributed by atoms with Crippen molar-refractivity contribution in [2.75, 3.05) is 0 Å². The summed E-state index contributed by atoms with van der Waals surface area (Å²) >= 11 is 0. The summed E-state index contributed by atoms with van der Waals surface area (Å²) in [6.45, 7) is 1.75. The number of alkyl halides is 3. The summed E-state index contributed by atoms with van der Waals surface area (Å²) in [5.41, 5.74) is 0.832. The Hall–Kier alpha value is -1.30. The van der Waals surface area contributed by atoms with Crippen LogP contribution in [0.15, 0.2) is 40.6 Å². The molecule has 0 saturated heterocycles. The molecule has 1 aromatic rings. The molecule has 0 spiro atoms. The van der Waals surface area contributed by atoms with Crippen LogP contribution in [0.2, 0.25) is 0 Å². The predicted molar refractivity (Wildman–Crippen MR) is 53.6 cm³/mol. The summed E-state index contributed by atoms with van der Waals surface area (Å²) in [6.07, 6.45) is -4.92. The second-order valence-corrected chi connectivity index (χ2v) is 5.04. The van der Waals surface area contributed by atoms with Gasteiger partial charge in [-0.15, -0.1) is 0 Å². The van der Waals surface area contributed by atoms with Crippen LogP contribution in [0.25, 0.3) is 0 Å². The lowest BCUT2D eigenvalue weighted by atomic mass is 10.2. The summed E-state index contributed by atoms with van der Waals surface area (Å²) in [4.78, 5) is -0.154. The topological polar surface area (TPSA) is 34.1 Å². The van der Waals surface area contributed by atoms with Gasteiger partial charge in [-0.2, -0.15) is 13.2 Å². The second-order valence-electron chi connectivity index (χ2n) is 3.20. The van der Waals surface area contributed by atoms with E-state index in [-0.39, 0.29) is 16.4 Å². The molecule has 6 heteroatoms. The molecule has 0 aliphatic carbocycles. The van der Waals surface area contributed by atoms with Crippen molar-refractivity contribution in [3.05, 3.63) is 41.3 Å².